The highest BCUT2D eigenvalue weighted by molar-refractivity contribution is 8.06. The van der Waals surface area contributed by atoms with Gasteiger partial charge in [-0.1, -0.05) is 12.8 Å². The van der Waals surface area contributed by atoms with Gasteiger partial charge in [0.15, 0.2) is 0 Å². The van der Waals surface area contributed by atoms with Crippen molar-refractivity contribution >= 4 is 35.5 Å². The quantitative estimate of drug-likeness (QED) is 0.722. The number of carboxylic acids is 1. The Morgan fingerprint density at radius 1 is 1.25 bits per heavy atom. The summed E-state index contributed by atoms with van der Waals surface area (Å²) in [6, 6.07) is -0.218. The molecule has 1 aliphatic carbocycles. The van der Waals surface area contributed by atoms with E-state index in [4.69, 9.17) is 5.11 Å². The molecule has 114 valence electrons. The first-order valence-corrected chi connectivity index (χ1v) is 9.27. The summed E-state index contributed by atoms with van der Waals surface area (Å²) in [5.74, 6) is 2.56. The van der Waals surface area contributed by atoms with Gasteiger partial charge in [-0.2, -0.15) is 23.5 Å². The molecule has 0 aromatic heterocycles. The summed E-state index contributed by atoms with van der Waals surface area (Å²) in [6.07, 6.45) is 3.53. The van der Waals surface area contributed by atoms with Gasteiger partial charge in [-0.3, -0.25) is 4.79 Å². The van der Waals surface area contributed by atoms with E-state index in [1.54, 1.807) is 0 Å². The van der Waals surface area contributed by atoms with Crippen molar-refractivity contribution in [2.24, 2.45) is 0 Å². The maximum absolute atomic E-state index is 12.0. The predicted octanol–water partition coefficient (Wildman–Crippen LogP) is 1.92. The standard InChI is InChI=1S/C13H22N2O3S2/c16-11(17)7-13(3-1-2-4-13)15-12(18)14-8-10-9-19-5-6-20-10/h10H,1-9H2,(H,16,17)(H2,14,15,18). The van der Waals surface area contributed by atoms with Crippen LogP contribution in [0.3, 0.4) is 0 Å². The molecular formula is C13H22N2O3S2. The van der Waals surface area contributed by atoms with Gasteiger partial charge in [-0.05, 0) is 12.8 Å². The zero-order valence-corrected chi connectivity index (χ0v) is 13.2. The minimum Gasteiger partial charge on any atom is -0.481 e. The van der Waals surface area contributed by atoms with Crippen LogP contribution in [0.4, 0.5) is 4.79 Å². The van der Waals surface area contributed by atoms with Crippen LogP contribution < -0.4 is 10.6 Å². The molecule has 1 heterocycles. The monoisotopic (exact) mass is 318 g/mol. The Morgan fingerprint density at radius 2 is 2.00 bits per heavy atom. The summed E-state index contributed by atoms with van der Waals surface area (Å²) in [7, 11) is 0. The van der Waals surface area contributed by atoms with Gasteiger partial charge in [0.1, 0.15) is 0 Å². The van der Waals surface area contributed by atoms with Crippen molar-refractivity contribution in [3.05, 3.63) is 0 Å². The number of amides is 2. The van der Waals surface area contributed by atoms with Crippen molar-refractivity contribution < 1.29 is 14.7 Å². The molecule has 2 rings (SSSR count). The Balaban J connectivity index is 1.77. The second kappa shape index (κ2) is 7.45. The molecule has 2 fully saturated rings. The van der Waals surface area contributed by atoms with Crippen molar-refractivity contribution in [2.45, 2.75) is 42.9 Å². The summed E-state index contributed by atoms with van der Waals surface area (Å²) >= 11 is 3.83. The fourth-order valence-electron chi connectivity index (χ4n) is 2.83. The number of carboxylic acid groups (broad SMARTS) is 1. The SMILES string of the molecule is O=C(O)CC1(NC(=O)NCC2CSCCS2)CCCC1. The summed E-state index contributed by atoms with van der Waals surface area (Å²) in [5.41, 5.74) is -0.537. The third-order valence-electron chi connectivity index (χ3n) is 3.80. The van der Waals surface area contributed by atoms with Crippen LogP contribution in [0.1, 0.15) is 32.1 Å². The summed E-state index contributed by atoms with van der Waals surface area (Å²) in [5, 5.41) is 15.3. The third-order valence-corrected chi connectivity index (χ3v) is 6.65. The van der Waals surface area contributed by atoms with E-state index in [9.17, 15) is 9.59 Å². The zero-order valence-electron chi connectivity index (χ0n) is 11.5. The molecule has 3 N–H and O–H groups in total. The van der Waals surface area contributed by atoms with Crippen molar-refractivity contribution in [3.63, 3.8) is 0 Å². The van der Waals surface area contributed by atoms with E-state index in [0.717, 1.165) is 37.2 Å². The largest absolute Gasteiger partial charge is 0.481 e. The molecule has 1 aliphatic heterocycles. The van der Waals surface area contributed by atoms with Gasteiger partial charge in [0.25, 0.3) is 0 Å². The Morgan fingerprint density at radius 3 is 2.60 bits per heavy atom. The molecule has 0 aromatic carbocycles. The minimum absolute atomic E-state index is 0.0223. The number of carbonyl (C=O) groups is 2. The molecule has 1 unspecified atom stereocenters. The first kappa shape index (κ1) is 15.8. The second-order valence-electron chi connectivity index (χ2n) is 5.46. The van der Waals surface area contributed by atoms with E-state index in [0.29, 0.717) is 11.8 Å². The van der Waals surface area contributed by atoms with E-state index in [1.807, 2.05) is 23.5 Å². The number of nitrogens with one attached hydrogen (secondary N) is 2. The van der Waals surface area contributed by atoms with Crippen LogP contribution in [-0.4, -0.2) is 51.7 Å². The van der Waals surface area contributed by atoms with E-state index in [2.05, 4.69) is 10.6 Å². The Bertz CT molecular complexity index is 354. The second-order valence-corrected chi connectivity index (χ2v) is 8.02. The molecule has 1 saturated heterocycles. The molecule has 0 aromatic rings. The van der Waals surface area contributed by atoms with E-state index < -0.39 is 11.5 Å². The third kappa shape index (κ3) is 4.77. The molecule has 0 spiro atoms. The number of rotatable bonds is 5. The minimum atomic E-state index is -0.841. The molecule has 5 nitrogen and oxygen atoms in total. The summed E-state index contributed by atoms with van der Waals surface area (Å²) in [4.78, 5) is 23.0. The Hall–Kier alpha value is -0.560. The normalized spacial score (nSPS) is 25.1. The van der Waals surface area contributed by atoms with Crippen LogP contribution in [0.25, 0.3) is 0 Å². The highest BCUT2D eigenvalue weighted by Gasteiger charge is 2.37. The Kier molecular flexibility index (Phi) is 5.89. The van der Waals surface area contributed by atoms with Crippen LogP contribution in [-0.2, 0) is 4.79 Å². The van der Waals surface area contributed by atoms with Crippen molar-refractivity contribution in [1.29, 1.82) is 0 Å². The smallest absolute Gasteiger partial charge is 0.315 e. The molecule has 2 aliphatic rings. The first-order valence-electron chi connectivity index (χ1n) is 7.07. The lowest BCUT2D eigenvalue weighted by Gasteiger charge is -2.29. The molecule has 0 bridgehead atoms. The highest BCUT2D eigenvalue weighted by atomic mass is 32.2. The molecule has 1 atom stereocenters. The number of thioether (sulfide) groups is 2. The highest BCUT2D eigenvalue weighted by Crippen LogP contribution is 2.32. The molecule has 7 heteroatoms. The molecule has 2 amide bonds. The van der Waals surface area contributed by atoms with Crippen molar-refractivity contribution in [3.8, 4) is 0 Å². The number of hydrogen-bond donors (Lipinski definition) is 3. The van der Waals surface area contributed by atoms with E-state index in [1.165, 1.54) is 5.75 Å². The number of urea groups is 1. The van der Waals surface area contributed by atoms with Gasteiger partial charge in [0.2, 0.25) is 0 Å². The van der Waals surface area contributed by atoms with Gasteiger partial charge in [0.05, 0.1) is 12.0 Å². The number of hydrogen-bond acceptors (Lipinski definition) is 4. The predicted molar refractivity (Wildman–Crippen MR) is 83.6 cm³/mol. The van der Waals surface area contributed by atoms with E-state index in [-0.39, 0.29) is 12.5 Å². The summed E-state index contributed by atoms with van der Waals surface area (Å²) in [6.45, 7) is 0.659. The van der Waals surface area contributed by atoms with Gasteiger partial charge < -0.3 is 15.7 Å². The molecule has 0 radical (unpaired) electrons. The lowest BCUT2D eigenvalue weighted by molar-refractivity contribution is -0.138. The molecule has 20 heavy (non-hydrogen) atoms. The lowest BCUT2D eigenvalue weighted by atomic mass is 9.93. The molecule has 1 saturated carbocycles. The lowest BCUT2D eigenvalue weighted by Crippen LogP contribution is -2.52. The fraction of sp³-hybridized carbons (Fsp3) is 0.846. The Labute approximate surface area is 128 Å². The van der Waals surface area contributed by atoms with Crippen LogP contribution in [0.15, 0.2) is 0 Å². The van der Waals surface area contributed by atoms with Gasteiger partial charge in [-0.15, -0.1) is 0 Å². The van der Waals surface area contributed by atoms with Gasteiger partial charge in [0, 0.05) is 29.1 Å². The van der Waals surface area contributed by atoms with Crippen LogP contribution >= 0.6 is 23.5 Å². The topological polar surface area (TPSA) is 78.4 Å². The maximum atomic E-state index is 12.0. The fourth-order valence-corrected chi connectivity index (χ4v) is 5.45. The first-order chi connectivity index (χ1) is 9.60. The average molecular weight is 318 g/mol. The van der Waals surface area contributed by atoms with Crippen LogP contribution in [0.5, 0.6) is 0 Å². The summed E-state index contributed by atoms with van der Waals surface area (Å²) < 4.78 is 0. The number of aliphatic carboxylic acids is 1. The van der Waals surface area contributed by atoms with Crippen molar-refractivity contribution in [2.75, 3.05) is 23.8 Å². The van der Waals surface area contributed by atoms with Crippen LogP contribution in [0.2, 0.25) is 0 Å². The van der Waals surface area contributed by atoms with Gasteiger partial charge in [-0.25, -0.2) is 4.79 Å². The maximum Gasteiger partial charge on any atom is 0.315 e. The van der Waals surface area contributed by atoms with Gasteiger partial charge >= 0.3 is 12.0 Å². The average Bonchev–Trinajstić information content (AvgIpc) is 2.85. The van der Waals surface area contributed by atoms with E-state index >= 15 is 0 Å². The zero-order chi connectivity index (χ0) is 14.4. The van der Waals surface area contributed by atoms with Crippen LogP contribution in [0, 0.1) is 0 Å². The molecular weight excluding hydrogens is 296 g/mol. The van der Waals surface area contributed by atoms with Crippen molar-refractivity contribution in [1.82, 2.24) is 10.6 Å². The number of carbonyl (C=O) groups excluding carboxylic acids is 1.